The monoisotopic (exact) mass is 264 g/mol. The minimum Gasteiger partial charge on any atom is -0.481 e. The molecule has 2 nitrogen and oxygen atoms in total. The van der Waals surface area contributed by atoms with Crippen molar-refractivity contribution in [1.29, 1.82) is 0 Å². The molecule has 1 N–H and O–H groups in total. The van der Waals surface area contributed by atoms with Crippen LogP contribution >= 0.6 is 0 Å². The molecule has 0 aromatic heterocycles. The van der Waals surface area contributed by atoms with Gasteiger partial charge in [-0.15, -0.1) is 0 Å². The average molecular weight is 264 g/mol. The summed E-state index contributed by atoms with van der Waals surface area (Å²) >= 11 is 0. The van der Waals surface area contributed by atoms with E-state index < -0.39 is 5.97 Å². The molecule has 2 aromatic carbocycles. The molecule has 100 valence electrons. The second kappa shape index (κ2) is 5.33. The van der Waals surface area contributed by atoms with Crippen molar-refractivity contribution < 1.29 is 9.90 Å². The van der Waals surface area contributed by atoms with Crippen LogP contribution in [0, 0.1) is 0 Å². The second-order valence-electron chi connectivity index (χ2n) is 5.17. The normalized spacial score (nSPS) is 19.0. The molecule has 1 aliphatic rings. The first-order valence-corrected chi connectivity index (χ1v) is 6.81. The summed E-state index contributed by atoms with van der Waals surface area (Å²) in [6.07, 6.45) is 3.17. The standard InChI is InChI=1S/C18H16O2/c19-18(20)12-15-11-14(10-13-6-2-1-3-7-13)16-8-4-5-9-17(15)16/h1-10,15H,11-12H2,(H,19,20). The number of rotatable bonds is 3. The van der Waals surface area contributed by atoms with Gasteiger partial charge in [0, 0.05) is 0 Å². The molecule has 20 heavy (non-hydrogen) atoms. The third kappa shape index (κ3) is 2.50. The minimum atomic E-state index is -0.731. The van der Waals surface area contributed by atoms with Crippen molar-refractivity contribution in [3.8, 4) is 0 Å². The lowest BCUT2D eigenvalue weighted by Crippen LogP contribution is -2.02. The summed E-state index contributed by atoms with van der Waals surface area (Å²) in [5, 5.41) is 9.06. The minimum absolute atomic E-state index is 0.0960. The third-order valence-electron chi connectivity index (χ3n) is 3.77. The van der Waals surface area contributed by atoms with Crippen molar-refractivity contribution in [1.82, 2.24) is 0 Å². The van der Waals surface area contributed by atoms with Crippen molar-refractivity contribution in [2.75, 3.05) is 0 Å². The van der Waals surface area contributed by atoms with Crippen LogP contribution in [0.25, 0.3) is 11.6 Å². The Labute approximate surface area is 118 Å². The molecule has 2 aromatic rings. The van der Waals surface area contributed by atoms with Crippen molar-refractivity contribution in [3.05, 3.63) is 71.3 Å². The van der Waals surface area contributed by atoms with Crippen molar-refractivity contribution in [3.63, 3.8) is 0 Å². The van der Waals surface area contributed by atoms with E-state index in [1.165, 1.54) is 11.1 Å². The predicted octanol–water partition coefficient (Wildman–Crippen LogP) is 4.19. The van der Waals surface area contributed by atoms with Gasteiger partial charge in [0.25, 0.3) is 0 Å². The van der Waals surface area contributed by atoms with E-state index in [0.717, 1.165) is 17.5 Å². The average Bonchev–Trinajstić information content (AvgIpc) is 2.78. The number of fused-ring (bicyclic) bond motifs is 1. The Morgan fingerprint density at radius 1 is 1.10 bits per heavy atom. The van der Waals surface area contributed by atoms with Gasteiger partial charge in [0.2, 0.25) is 0 Å². The molecule has 3 rings (SSSR count). The number of allylic oxidation sites excluding steroid dienone is 1. The van der Waals surface area contributed by atoms with Crippen LogP contribution in [0.5, 0.6) is 0 Å². The van der Waals surface area contributed by atoms with E-state index in [1.54, 1.807) is 0 Å². The van der Waals surface area contributed by atoms with Gasteiger partial charge in [-0.1, -0.05) is 60.7 Å². The molecule has 0 saturated heterocycles. The SMILES string of the molecule is O=C(O)CC1CC(=Cc2ccccc2)c2ccccc21. The topological polar surface area (TPSA) is 37.3 Å². The summed E-state index contributed by atoms with van der Waals surface area (Å²) in [4.78, 5) is 11.0. The van der Waals surface area contributed by atoms with E-state index in [0.29, 0.717) is 0 Å². The van der Waals surface area contributed by atoms with E-state index in [4.69, 9.17) is 5.11 Å². The molecule has 1 aliphatic carbocycles. The fourth-order valence-corrected chi connectivity index (χ4v) is 2.91. The third-order valence-corrected chi connectivity index (χ3v) is 3.77. The fraction of sp³-hybridized carbons (Fsp3) is 0.167. The maximum absolute atomic E-state index is 11.0. The first-order chi connectivity index (χ1) is 9.74. The molecule has 2 heteroatoms. The lowest BCUT2D eigenvalue weighted by atomic mass is 9.98. The molecule has 0 spiro atoms. The van der Waals surface area contributed by atoms with Crippen LogP contribution in [-0.4, -0.2) is 11.1 Å². The first-order valence-electron chi connectivity index (χ1n) is 6.81. The van der Waals surface area contributed by atoms with Crippen LogP contribution < -0.4 is 0 Å². The van der Waals surface area contributed by atoms with Gasteiger partial charge in [-0.25, -0.2) is 0 Å². The van der Waals surface area contributed by atoms with Crippen LogP contribution in [0.1, 0.15) is 35.4 Å². The van der Waals surface area contributed by atoms with Crippen LogP contribution in [0.2, 0.25) is 0 Å². The van der Waals surface area contributed by atoms with Crippen molar-refractivity contribution in [2.45, 2.75) is 18.8 Å². The zero-order chi connectivity index (χ0) is 13.9. The van der Waals surface area contributed by atoms with E-state index in [-0.39, 0.29) is 12.3 Å². The number of aliphatic carboxylic acids is 1. The zero-order valence-corrected chi connectivity index (χ0v) is 11.1. The summed E-state index contributed by atoms with van der Waals surface area (Å²) in [6, 6.07) is 18.3. The van der Waals surface area contributed by atoms with Gasteiger partial charge in [-0.3, -0.25) is 4.79 Å². The number of hydrogen-bond acceptors (Lipinski definition) is 1. The number of hydrogen-bond donors (Lipinski definition) is 1. The molecular formula is C18H16O2. The summed E-state index contributed by atoms with van der Waals surface area (Å²) in [7, 11) is 0. The lowest BCUT2D eigenvalue weighted by Gasteiger charge is -2.06. The highest BCUT2D eigenvalue weighted by Gasteiger charge is 2.27. The van der Waals surface area contributed by atoms with E-state index in [9.17, 15) is 4.79 Å². The highest BCUT2D eigenvalue weighted by Crippen LogP contribution is 2.43. The Morgan fingerprint density at radius 2 is 1.80 bits per heavy atom. The first kappa shape index (κ1) is 12.7. The van der Waals surface area contributed by atoms with E-state index in [1.807, 2.05) is 30.3 Å². The van der Waals surface area contributed by atoms with Gasteiger partial charge in [-0.05, 0) is 34.6 Å². The fourth-order valence-electron chi connectivity index (χ4n) is 2.91. The largest absolute Gasteiger partial charge is 0.481 e. The summed E-state index contributed by atoms with van der Waals surface area (Å²) in [5.41, 5.74) is 4.76. The Morgan fingerprint density at radius 3 is 2.55 bits per heavy atom. The molecule has 0 heterocycles. The number of carbonyl (C=O) groups is 1. The lowest BCUT2D eigenvalue weighted by molar-refractivity contribution is -0.137. The van der Waals surface area contributed by atoms with Gasteiger partial charge in [0.15, 0.2) is 0 Å². The van der Waals surface area contributed by atoms with Gasteiger partial charge in [0.05, 0.1) is 6.42 Å². The molecular weight excluding hydrogens is 248 g/mol. The number of benzene rings is 2. The zero-order valence-electron chi connectivity index (χ0n) is 11.1. The Bertz CT molecular complexity index is 656. The van der Waals surface area contributed by atoms with Crippen LogP contribution in [0.3, 0.4) is 0 Å². The predicted molar refractivity (Wildman–Crippen MR) is 80.4 cm³/mol. The van der Waals surface area contributed by atoms with Crippen molar-refractivity contribution >= 4 is 17.6 Å². The maximum Gasteiger partial charge on any atom is 0.303 e. The second-order valence-corrected chi connectivity index (χ2v) is 5.17. The van der Waals surface area contributed by atoms with Gasteiger partial charge >= 0.3 is 5.97 Å². The van der Waals surface area contributed by atoms with Crippen molar-refractivity contribution in [2.24, 2.45) is 0 Å². The van der Waals surface area contributed by atoms with Crippen LogP contribution in [0.15, 0.2) is 54.6 Å². The molecule has 0 saturated carbocycles. The summed E-state index contributed by atoms with van der Waals surface area (Å²) < 4.78 is 0. The Balaban J connectivity index is 1.99. The van der Waals surface area contributed by atoms with E-state index >= 15 is 0 Å². The molecule has 1 atom stereocenters. The maximum atomic E-state index is 11.0. The van der Waals surface area contributed by atoms with Gasteiger partial charge in [-0.2, -0.15) is 0 Å². The Hall–Kier alpha value is -2.35. The van der Waals surface area contributed by atoms with E-state index in [2.05, 4.69) is 30.3 Å². The summed E-state index contributed by atoms with van der Waals surface area (Å²) in [5.74, 6) is -0.635. The van der Waals surface area contributed by atoms with Gasteiger partial charge in [0.1, 0.15) is 0 Å². The molecule has 1 unspecified atom stereocenters. The Kier molecular flexibility index (Phi) is 3.38. The van der Waals surface area contributed by atoms with Crippen LogP contribution in [0.4, 0.5) is 0 Å². The quantitative estimate of drug-likeness (QED) is 0.902. The molecule has 0 fully saturated rings. The highest BCUT2D eigenvalue weighted by molar-refractivity contribution is 5.87. The smallest absolute Gasteiger partial charge is 0.303 e. The molecule has 0 bridgehead atoms. The molecule has 0 radical (unpaired) electrons. The molecule has 0 aliphatic heterocycles. The van der Waals surface area contributed by atoms with Gasteiger partial charge < -0.3 is 5.11 Å². The number of carboxylic acids is 1. The molecule has 0 amide bonds. The van der Waals surface area contributed by atoms with Crippen LogP contribution in [-0.2, 0) is 4.79 Å². The summed E-state index contributed by atoms with van der Waals surface area (Å²) in [6.45, 7) is 0. The number of carboxylic acid groups (broad SMARTS) is 1. The highest BCUT2D eigenvalue weighted by atomic mass is 16.4.